The van der Waals surface area contributed by atoms with Crippen LogP contribution in [0.4, 0.5) is 4.79 Å². The van der Waals surface area contributed by atoms with Gasteiger partial charge in [-0.1, -0.05) is 188 Å². The van der Waals surface area contributed by atoms with E-state index in [0.29, 0.717) is 81.6 Å². The van der Waals surface area contributed by atoms with E-state index in [2.05, 4.69) is 60.7 Å². The lowest BCUT2D eigenvalue weighted by molar-refractivity contribution is -0.125. The number of alkyl carbamates (subject to hydrolysis) is 1. The highest BCUT2D eigenvalue weighted by molar-refractivity contribution is 5.82. The highest BCUT2D eigenvalue weighted by Crippen LogP contribution is 2.22. The Bertz CT molecular complexity index is 2040. The number of ketones is 4. The van der Waals surface area contributed by atoms with Gasteiger partial charge in [0.15, 0.2) is 0 Å². The third kappa shape index (κ3) is 40.4. The molecule has 6 atom stereocenters. The predicted molar refractivity (Wildman–Crippen MR) is 357 cm³/mol. The van der Waals surface area contributed by atoms with Gasteiger partial charge in [0.25, 0.3) is 0 Å². The van der Waals surface area contributed by atoms with Crippen LogP contribution in [0.5, 0.6) is 5.75 Å². The summed E-state index contributed by atoms with van der Waals surface area (Å²) in [5, 5.41) is 9.16. The Balaban J connectivity index is 1.73. The maximum atomic E-state index is 13.1. The summed E-state index contributed by atoms with van der Waals surface area (Å²) in [6, 6.07) is 17.8. The van der Waals surface area contributed by atoms with E-state index in [1.54, 1.807) is 0 Å². The second-order valence-corrected chi connectivity index (χ2v) is 25.7. The van der Waals surface area contributed by atoms with Crippen LogP contribution in [0.2, 0.25) is 0 Å². The van der Waals surface area contributed by atoms with Gasteiger partial charge in [0.1, 0.15) is 42.1 Å². The molecule has 0 radical (unpaired) electrons. The lowest BCUT2D eigenvalue weighted by Gasteiger charge is -2.23. The van der Waals surface area contributed by atoms with Crippen molar-refractivity contribution >= 4 is 41.0 Å². The average molecular weight is 1210 g/mol. The van der Waals surface area contributed by atoms with E-state index in [1.165, 1.54) is 31.2 Å². The van der Waals surface area contributed by atoms with Crippen molar-refractivity contribution < 1.29 is 43.0 Å². The minimum atomic E-state index is -0.406. The number of hydrogen-bond donors (Lipinski definition) is 3. The number of hydrogen-bond acceptors (Lipinski definition) is 10. The zero-order valence-electron chi connectivity index (χ0n) is 56.3. The summed E-state index contributed by atoms with van der Waals surface area (Å²) < 4.78 is 11.5. The molecule has 0 heterocycles. The summed E-state index contributed by atoms with van der Waals surface area (Å²) in [7, 11) is 0. The topological polar surface area (TPSA) is 177 Å². The third-order valence-corrected chi connectivity index (χ3v) is 17.7. The van der Waals surface area contributed by atoms with Crippen molar-refractivity contribution in [1.29, 1.82) is 0 Å². The summed E-state index contributed by atoms with van der Waals surface area (Å²) in [6.07, 6.45) is 29.9. The molecule has 87 heavy (non-hydrogen) atoms. The van der Waals surface area contributed by atoms with Gasteiger partial charge in [0, 0.05) is 87.4 Å². The number of ether oxygens (including phenoxy) is 2. The van der Waals surface area contributed by atoms with E-state index in [-0.39, 0.29) is 53.9 Å². The SMILES string of the molecule is CCCCC[C@H](C)C(=O)CCCCC[C@H](C)C(=O)CCCCC[C@H](C)C(=O)NCCCN(CCCNC(=O)[C@@H](C)CCCCCC(=O)[C@@H](C)CCCCCC(=O)[C@@H](C)CCCCC)CCOc1ccc(CCCCNC(=O)OCc2ccccc2)cc1. The number of nitrogens with zero attached hydrogens (tertiary/aromatic N) is 1. The van der Waals surface area contributed by atoms with E-state index < -0.39 is 6.09 Å². The number of amides is 3. The highest BCUT2D eigenvalue weighted by Gasteiger charge is 2.19. The monoisotopic (exact) mass is 1210 g/mol. The number of benzene rings is 2. The number of nitrogens with one attached hydrogen (secondary N) is 3. The molecule has 494 valence electrons. The molecule has 0 saturated carbocycles. The van der Waals surface area contributed by atoms with Gasteiger partial charge in [0.05, 0.1) is 0 Å². The molecule has 0 aliphatic heterocycles. The van der Waals surface area contributed by atoms with Crippen LogP contribution >= 0.6 is 0 Å². The first kappa shape index (κ1) is 78.2. The normalized spacial score (nSPS) is 13.5. The van der Waals surface area contributed by atoms with E-state index in [9.17, 15) is 33.6 Å². The Hall–Kier alpha value is -4.91. The highest BCUT2D eigenvalue weighted by atomic mass is 16.5. The molecule has 0 fully saturated rings. The molecule has 13 nitrogen and oxygen atoms in total. The molecule has 2 rings (SSSR count). The third-order valence-electron chi connectivity index (χ3n) is 17.7. The number of carbonyl (C=O) groups excluding carboxylic acids is 7. The number of carbonyl (C=O) groups is 7. The standard InChI is InChI=1S/C74H124N4O9/c1-9-11-18-34-59(3)68(79)43-26-13-20-36-61(5)70(81)45-28-15-22-38-63(7)72(83)75-52-32-54-78(56-57-86-67-49-47-65(48-50-67)40-30-31-51-77-74(85)87-58-66-41-24-17-25-42-66)55-33-53-76-73(84)64(8)39-23-16-29-46-71(82)62(6)37-21-14-27-44-69(80)60(4)35-19-12-10-2/h17,24-25,41-42,47-50,59-64H,9-16,18-23,26-40,43-46,51-58H2,1-8H3,(H,75,83)(H,76,84)(H,77,85)/t59-,60-,61-,62-,63-,64-/m0/s1. The van der Waals surface area contributed by atoms with E-state index >= 15 is 0 Å². The zero-order valence-corrected chi connectivity index (χ0v) is 56.3. The molecule has 0 unspecified atom stereocenters. The maximum Gasteiger partial charge on any atom is 0.407 e. The molecule has 0 bridgehead atoms. The van der Waals surface area contributed by atoms with Gasteiger partial charge in [0.2, 0.25) is 11.8 Å². The average Bonchev–Trinajstić information content (AvgIpc) is 3.58. The van der Waals surface area contributed by atoms with E-state index in [0.717, 1.165) is 185 Å². The first-order chi connectivity index (χ1) is 42.0. The van der Waals surface area contributed by atoms with Crippen molar-refractivity contribution in [2.45, 2.75) is 274 Å². The molecule has 2 aromatic carbocycles. The largest absolute Gasteiger partial charge is 0.492 e. The minimum Gasteiger partial charge on any atom is -0.492 e. The lowest BCUT2D eigenvalue weighted by Crippen LogP contribution is -2.36. The van der Waals surface area contributed by atoms with Gasteiger partial charge >= 0.3 is 6.09 Å². The molecule has 2 aromatic rings. The molecule has 13 heteroatoms. The summed E-state index contributed by atoms with van der Waals surface area (Å²) in [4.78, 5) is 91.3. The molecular weight excluding hydrogens is 1090 g/mol. The van der Waals surface area contributed by atoms with Gasteiger partial charge in [-0.3, -0.25) is 33.7 Å². The molecular formula is C74H124N4O9. The van der Waals surface area contributed by atoms with Crippen molar-refractivity contribution in [1.82, 2.24) is 20.9 Å². The Morgan fingerprint density at radius 3 is 1.20 bits per heavy atom. The van der Waals surface area contributed by atoms with Crippen molar-refractivity contribution in [3.63, 3.8) is 0 Å². The van der Waals surface area contributed by atoms with Crippen LogP contribution < -0.4 is 20.7 Å². The summed E-state index contributed by atoms with van der Waals surface area (Å²) in [5.74, 6) is 2.58. The number of rotatable bonds is 57. The van der Waals surface area contributed by atoms with Crippen LogP contribution in [0.15, 0.2) is 54.6 Å². The number of unbranched alkanes of at least 4 members (excludes halogenated alkanes) is 13. The van der Waals surface area contributed by atoms with Crippen LogP contribution in [-0.2, 0) is 46.5 Å². The fourth-order valence-electron chi connectivity index (χ4n) is 11.2. The summed E-state index contributed by atoms with van der Waals surface area (Å²) in [6.45, 7) is 21.2. The summed E-state index contributed by atoms with van der Waals surface area (Å²) in [5.41, 5.74) is 2.16. The fourth-order valence-corrected chi connectivity index (χ4v) is 11.2. The second-order valence-electron chi connectivity index (χ2n) is 25.7. The van der Waals surface area contributed by atoms with E-state index in [1.807, 2.05) is 70.2 Å². The molecule has 0 aliphatic rings. The van der Waals surface area contributed by atoms with E-state index in [4.69, 9.17) is 9.47 Å². The quantitative estimate of drug-likeness (QED) is 0.0540. The smallest absolute Gasteiger partial charge is 0.407 e. The van der Waals surface area contributed by atoms with Crippen LogP contribution in [0.25, 0.3) is 0 Å². The van der Waals surface area contributed by atoms with Gasteiger partial charge in [-0.15, -0.1) is 0 Å². The summed E-state index contributed by atoms with van der Waals surface area (Å²) >= 11 is 0. The van der Waals surface area contributed by atoms with Gasteiger partial charge in [-0.05, 0) is 133 Å². The van der Waals surface area contributed by atoms with Crippen LogP contribution in [-0.4, -0.2) is 91.8 Å². The van der Waals surface area contributed by atoms with Crippen LogP contribution in [0, 0.1) is 35.5 Å². The minimum absolute atomic E-state index is 0.0513. The van der Waals surface area contributed by atoms with Crippen LogP contribution in [0.3, 0.4) is 0 Å². The Morgan fingerprint density at radius 1 is 0.391 bits per heavy atom. The maximum absolute atomic E-state index is 13.1. The van der Waals surface area contributed by atoms with Gasteiger partial charge < -0.3 is 25.4 Å². The Morgan fingerprint density at radius 2 is 0.782 bits per heavy atom. The lowest BCUT2D eigenvalue weighted by atomic mass is 9.92. The van der Waals surface area contributed by atoms with Crippen molar-refractivity contribution in [3.05, 3.63) is 65.7 Å². The van der Waals surface area contributed by atoms with Crippen molar-refractivity contribution in [3.8, 4) is 5.75 Å². The molecule has 0 aromatic heterocycles. The van der Waals surface area contributed by atoms with Crippen molar-refractivity contribution in [2.24, 2.45) is 35.5 Å². The van der Waals surface area contributed by atoms with Crippen molar-refractivity contribution in [2.75, 3.05) is 45.9 Å². The van der Waals surface area contributed by atoms with Crippen LogP contribution in [0.1, 0.15) is 272 Å². The zero-order chi connectivity index (χ0) is 63.7. The first-order valence-electron chi connectivity index (χ1n) is 35.1. The first-order valence-corrected chi connectivity index (χ1v) is 35.1. The second kappa shape index (κ2) is 50.9. The predicted octanol–water partition coefficient (Wildman–Crippen LogP) is 16.7. The fraction of sp³-hybridized carbons (Fsp3) is 0.743. The number of Topliss-reactive ketones (excluding diaryl/α,β-unsaturated/α-hetero) is 4. The Kier molecular flexibility index (Phi) is 45.7. The molecule has 0 aliphatic carbocycles. The molecule has 3 N–H and O–H groups in total. The molecule has 3 amide bonds. The molecule has 0 spiro atoms. The Labute approximate surface area is 529 Å². The molecule has 0 saturated heterocycles. The van der Waals surface area contributed by atoms with Gasteiger partial charge in [-0.25, -0.2) is 4.79 Å². The van der Waals surface area contributed by atoms with Gasteiger partial charge in [-0.2, -0.15) is 0 Å². The number of aryl methyl sites for hydroxylation is 1.